The van der Waals surface area contributed by atoms with E-state index in [1.165, 1.54) is 88.3 Å². The molecule has 0 radical (unpaired) electrons. The van der Waals surface area contributed by atoms with Gasteiger partial charge in [-0.1, -0.05) is 177 Å². The first-order valence-electron chi connectivity index (χ1n) is 19.7. The molecule has 0 N–H and O–H groups in total. The van der Waals surface area contributed by atoms with E-state index in [4.69, 9.17) is 0 Å². The lowest BCUT2D eigenvalue weighted by Crippen LogP contribution is -2.03. The maximum Gasteiger partial charge on any atom is 0.0619 e. The third-order valence-electron chi connectivity index (χ3n) is 11.4. The summed E-state index contributed by atoms with van der Waals surface area (Å²) < 4.78 is 2.46. The zero-order valence-corrected chi connectivity index (χ0v) is 31.6. The minimum Gasteiger partial charge on any atom is -0.309 e. The van der Waals surface area contributed by atoms with Crippen molar-refractivity contribution in [2.24, 2.45) is 0 Å². The molecule has 55 heavy (non-hydrogen) atoms. The van der Waals surface area contributed by atoms with E-state index in [9.17, 15) is 0 Å². The van der Waals surface area contributed by atoms with Crippen LogP contribution in [-0.4, -0.2) is 4.57 Å². The summed E-state index contributed by atoms with van der Waals surface area (Å²) in [7, 11) is 0. The SMILES string of the molecule is CC/C=C(\C)c1ccc(C(CCc2ccc(-c3ccc4c(c3)c3ccc5ccccc5c3n4-c3cccc(-c4ccccc4)c3)cc2)c2ccccc2)cc1. The Balaban J connectivity index is 1.04. The number of allylic oxidation sites excluding steroid dienone is 2. The topological polar surface area (TPSA) is 4.93 Å². The molecule has 1 heterocycles. The molecule has 0 amide bonds. The van der Waals surface area contributed by atoms with Crippen molar-refractivity contribution in [3.05, 3.63) is 216 Å². The molecule has 0 fully saturated rings. The van der Waals surface area contributed by atoms with Crippen LogP contribution in [0.25, 0.3) is 66.1 Å². The van der Waals surface area contributed by atoms with Crippen LogP contribution >= 0.6 is 0 Å². The number of hydrogen-bond donors (Lipinski definition) is 0. The fourth-order valence-corrected chi connectivity index (χ4v) is 8.47. The Morgan fingerprint density at radius 2 is 1.18 bits per heavy atom. The largest absolute Gasteiger partial charge is 0.309 e. The molecule has 0 saturated carbocycles. The Morgan fingerprint density at radius 1 is 0.527 bits per heavy atom. The molecule has 9 rings (SSSR count). The molecule has 0 saturated heterocycles. The second-order valence-electron chi connectivity index (χ2n) is 14.8. The highest BCUT2D eigenvalue weighted by atomic mass is 15.0. The van der Waals surface area contributed by atoms with Crippen LogP contribution in [0.5, 0.6) is 0 Å². The van der Waals surface area contributed by atoms with Gasteiger partial charge in [0.15, 0.2) is 0 Å². The Morgan fingerprint density at radius 3 is 1.96 bits per heavy atom. The molecule has 266 valence electrons. The van der Waals surface area contributed by atoms with E-state index < -0.39 is 0 Å². The van der Waals surface area contributed by atoms with E-state index >= 15 is 0 Å². The maximum atomic E-state index is 2.46. The van der Waals surface area contributed by atoms with Crippen LogP contribution < -0.4 is 0 Å². The van der Waals surface area contributed by atoms with Gasteiger partial charge in [-0.05, 0) is 106 Å². The van der Waals surface area contributed by atoms with Crippen molar-refractivity contribution in [1.29, 1.82) is 0 Å². The smallest absolute Gasteiger partial charge is 0.0619 e. The molecule has 0 aliphatic rings. The second-order valence-corrected chi connectivity index (χ2v) is 14.8. The van der Waals surface area contributed by atoms with Crippen LogP contribution in [0.1, 0.15) is 54.9 Å². The molecule has 1 nitrogen and oxygen atoms in total. The van der Waals surface area contributed by atoms with Gasteiger partial charge in [-0.3, -0.25) is 0 Å². The van der Waals surface area contributed by atoms with Crippen molar-refractivity contribution in [3.8, 4) is 27.9 Å². The normalized spacial score (nSPS) is 12.4. The quantitative estimate of drug-likeness (QED) is 0.133. The number of hydrogen-bond acceptors (Lipinski definition) is 0. The van der Waals surface area contributed by atoms with Crippen molar-refractivity contribution in [3.63, 3.8) is 0 Å². The molecule has 0 bridgehead atoms. The van der Waals surface area contributed by atoms with Crippen LogP contribution in [0, 0.1) is 0 Å². The van der Waals surface area contributed by atoms with Gasteiger partial charge in [0.2, 0.25) is 0 Å². The van der Waals surface area contributed by atoms with E-state index in [-0.39, 0.29) is 0 Å². The molecule has 1 heteroatoms. The summed E-state index contributed by atoms with van der Waals surface area (Å²) in [6, 6.07) is 69.5. The lowest BCUT2D eigenvalue weighted by atomic mass is 9.85. The number of rotatable bonds is 10. The number of nitrogens with zero attached hydrogens (tertiary/aromatic N) is 1. The second kappa shape index (κ2) is 15.1. The van der Waals surface area contributed by atoms with Crippen LogP contribution in [0.15, 0.2) is 194 Å². The van der Waals surface area contributed by atoms with Gasteiger partial charge in [-0.25, -0.2) is 0 Å². The zero-order valence-electron chi connectivity index (χ0n) is 31.6. The van der Waals surface area contributed by atoms with Crippen molar-refractivity contribution >= 4 is 38.2 Å². The molecule has 0 aliphatic heterocycles. The molecule has 0 spiro atoms. The Hall–Kier alpha value is -6.44. The highest BCUT2D eigenvalue weighted by molar-refractivity contribution is 6.19. The summed E-state index contributed by atoms with van der Waals surface area (Å²) in [5.74, 6) is 0.342. The van der Waals surface area contributed by atoms with Crippen LogP contribution in [0.4, 0.5) is 0 Å². The maximum absolute atomic E-state index is 2.46. The van der Waals surface area contributed by atoms with Crippen LogP contribution in [0.2, 0.25) is 0 Å². The molecule has 8 aromatic carbocycles. The first-order chi connectivity index (χ1) is 27.1. The van der Waals surface area contributed by atoms with E-state index in [1.807, 2.05) is 0 Å². The van der Waals surface area contributed by atoms with Gasteiger partial charge in [0.05, 0.1) is 11.0 Å². The Kier molecular flexibility index (Phi) is 9.44. The molecular formula is C54H45N. The van der Waals surface area contributed by atoms with Gasteiger partial charge < -0.3 is 4.57 Å². The molecule has 0 aliphatic carbocycles. The summed E-state index contributed by atoms with van der Waals surface area (Å²) in [5.41, 5.74) is 15.3. The number of fused-ring (bicyclic) bond motifs is 5. The molecule has 9 aromatic rings. The fraction of sp³-hybridized carbons (Fsp3) is 0.111. The monoisotopic (exact) mass is 707 g/mol. The van der Waals surface area contributed by atoms with E-state index in [0.717, 1.165) is 19.3 Å². The number of aryl methyl sites for hydroxylation is 1. The predicted molar refractivity (Wildman–Crippen MR) is 236 cm³/mol. The van der Waals surface area contributed by atoms with Gasteiger partial charge in [0.1, 0.15) is 0 Å². The van der Waals surface area contributed by atoms with Gasteiger partial charge in [0, 0.05) is 27.8 Å². The lowest BCUT2D eigenvalue weighted by molar-refractivity contribution is 0.715. The number of aromatic nitrogens is 1. The van der Waals surface area contributed by atoms with Gasteiger partial charge in [0.25, 0.3) is 0 Å². The van der Waals surface area contributed by atoms with E-state index in [1.54, 1.807) is 0 Å². The lowest BCUT2D eigenvalue weighted by Gasteiger charge is -2.19. The van der Waals surface area contributed by atoms with Crippen molar-refractivity contribution in [2.45, 2.75) is 39.0 Å². The Labute approximate surface area is 324 Å². The third-order valence-corrected chi connectivity index (χ3v) is 11.4. The summed E-state index contributed by atoms with van der Waals surface area (Å²) in [6.07, 6.45) is 5.42. The summed E-state index contributed by atoms with van der Waals surface area (Å²) in [5, 5.41) is 5.05. The predicted octanol–water partition coefficient (Wildman–Crippen LogP) is 14.8. The van der Waals surface area contributed by atoms with E-state index in [0.29, 0.717) is 5.92 Å². The van der Waals surface area contributed by atoms with Crippen LogP contribution in [0.3, 0.4) is 0 Å². The molecular weight excluding hydrogens is 663 g/mol. The summed E-state index contributed by atoms with van der Waals surface area (Å²) in [6.45, 7) is 4.41. The molecule has 1 atom stereocenters. The summed E-state index contributed by atoms with van der Waals surface area (Å²) in [4.78, 5) is 0. The first kappa shape index (κ1) is 34.3. The third kappa shape index (κ3) is 6.79. The van der Waals surface area contributed by atoms with Gasteiger partial charge in [-0.2, -0.15) is 0 Å². The number of benzene rings is 8. The van der Waals surface area contributed by atoms with Gasteiger partial charge in [-0.15, -0.1) is 0 Å². The average Bonchev–Trinajstić information content (AvgIpc) is 3.59. The minimum absolute atomic E-state index is 0.342. The average molecular weight is 708 g/mol. The molecule has 1 unspecified atom stereocenters. The standard InChI is InChI=1S/C54H45N/c1-3-13-38(2)40-27-29-45(30-28-40)49(43-16-8-5-9-17-43)33-24-39-22-25-42(26-23-39)47-32-35-53-52(37-47)51-34-31-44-18-10-11-21-50(44)54(51)55(53)48-20-12-19-46(36-48)41-14-6-4-7-15-41/h4-23,25-32,34-37,49H,3,24,33H2,1-2H3/b38-13+. The fourth-order valence-electron chi connectivity index (χ4n) is 8.47. The zero-order chi connectivity index (χ0) is 37.1. The minimum atomic E-state index is 0.342. The Bertz CT molecular complexity index is 2770. The van der Waals surface area contributed by atoms with Crippen LogP contribution in [-0.2, 0) is 6.42 Å². The van der Waals surface area contributed by atoms with Crippen molar-refractivity contribution < 1.29 is 0 Å². The first-order valence-corrected chi connectivity index (χ1v) is 19.7. The summed E-state index contributed by atoms with van der Waals surface area (Å²) >= 11 is 0. The molecule has 1 aromatic heterocycles. The van der Waals surface area contributed by atoms with Crippen molar-refractivity contribution in [1.82, 2.24) is 4.57 Å². The van der Waals surface area contributed by atoms with E-state index in [2.05, 4.69) is 213 Å². The van der Waals surface area contributed by atoms with Crippen molar-refractivity contribution in [2.75, 3.05) is 0 Å². The highest BCUT2D eigenvalue weighted by Crippen LogP contribution is 2.39. The van der Waals surface area contributed by atoms with Gasteiger partial charge >= 0.3 is 0 Å². The highest BCUT2D eigenvalue weighted by Gasteiger charge is 2.18.